The molecule has 0 fully saturated rings. The molecule has 0 atom stereocenters. The number of hydrogen-bond acceptors (Lipinski definition) is 1. The molecule has 0 saturated carbocycles. The van der Waals surface area contributed by atoms with Crippen LogP contribution >= 0.6 is 0 Å². The van der Waals surface area contributed by atoms with Crippen molar-refractivity contribution in [3.63, 3.8) is 0 Å². The van der Waals surface area contributed by atoms with E-state index in [9.17, 15) is 0 Å². The first kappa shape index (κ1) is 15.8. The molecule has 3 aromatic carbocycles. The third-order valence-corrected chi connectivity index (χ3v) is 8.92. The SMILES string of the molecule is N#[N+][NH-].c1cc[c]([Ge]([c]2ccccc2)[c]2ccccc2)cc1. The Morgan fingerprint density at radius 2 is 0.818 bits per heavy atom. The normalized spacial score (nSPS) is 9.45. The summed E-state index contributed by atoms with van der Waals surface area (Å²) in [7, 11) is 0. The van der Waals surface area contributed by atoms with Gasteiger partial charge in [0.25, 0.3) is 0 Å². The van der Waals surface area contributed by atoms with E-state index in [1.165, 1.54) is 13.2 Å². The first-order valence-electron chi connectivity index (χ1n) is 6.91. The van der Waals surface area contributed by atoms with E-state index in [4.69, 9.17) is 11.2 Å². The molecule has 0 aliphatic carbocycles. The summed E-state index contributed by atoms with van der Waals surface area (Å²) in [5.74, 6) is 5.39. The molecule has 1 radical (unpaired) electrons. The number of rotatable bonds is 3. The summed E-state index contributed by atoms with van der Waals surface area (Å²) in [6.07, 6.45) is 0. The zero-order chi connectivity index (χ0) is 15.6. The van der Waals surface area contributed by atoms with Crippen molar-refractivity contribution in [2.24, 2.45) is 0 Å². The minimum atomic E-state index is -1.63. The van der Waals surface area contributed by atoms with Crippen LogP contribution in [0.5, 0.6) is 0 Å². The van der Waals surface area contributed by atoms with Crippen LogP contribution in [0.25, 0.3) is 10.9 Å². The molecule has 107 valence electrons. The summed E-state index contributed by atoms with van der Waals surface area (Å²) >= 11 is -1.63. The van der Waals surface area contributed by atoms with Gasteiger partial charge in [0.15, 0.2) is 0 Å². The van der Waals surface area contributed by atoms with Gasteiger partial charge in [-0.25, -0.2) is 0 Å². The average Bonchev–Trinajstić information content (AvgIpc) is 2.59. The molecular weight excluding hydrogens is 331 g/mol. The van der Waals surface area contributed by atoms with Gasteiger partial charge in [0.05, 0.1) is 5.08 Å². The van der Waals surface area contributed by atoms with Crippen LogP contribution in [-0.4, -0.2) is 14.3 Å². The topological polar surface area (TPSA) is 52.0 Å². The van der Waals surface area contributed by atoms with E-state index in [0.717, 1.165) is 0 Å². The molecule has 0 aromatic heterocycles. The second kappa shape index (κ2) is 8.65. The summed E-state index contributed by atoms with van der Waals surface area (Å²) in [4.78, 5) is 0. The Hall–Kier alpha value is -2.58. The first-order chi connectivity index (χ1) is 10.9. The monoisotopic (exact) mass is 348 g/mol. The molecule has 3 aromatic rings. The Kier molecular flexibility index (Phi) is 6.22. The van der Waals surface area contributed by atoms with Crippen molar-refractivity contribution < 1.29 is 0 Å². The first-order valence-corrected chi connectivity index (χ1v) is 10.1. The third-order valence-electron chi connectivity index (χ3n) is 3.19. The predicted molar refractivity (Wildman–Crippen MR) is 93.4 cm³/mol. The summed E-state index contributed by atoms with van der Waals surface area (Å²) in [6.45, 7) is 0. The van der Waals surface area contributed by atoms with Gasteiger partial charge in [-0.05, 0) is 0 Å². The van der Waals surface area contributed by atoms with Gasteiger partial charge >= 0.3 is 119 Å². The summed E-state index contributed by atoms with van der Waals surface area (Å²) in [5.41, 5.74) is 0. The predicted octanol–water partition coefficient (Wildman–Crippen LogP) is 3.01. The molecule has 0 unspecified atom stereocenters. The fourth-order valence-electron chi connectivity index (χ4n) is 2.31. The molecule has 3 nitrogen and oxygen atoms in total. The van der Waals surface area contributed by atoms with Crippen LogP contribution in [0.2, 0.25) is 0 Å². The van der Waals surface area contributed by atoms with Gasteiger partial charge < -0.3 is 0 Å². The van der Waals surface area contributed by atoms with Crippen LogP contribution in [-0.2, 0) is 0 Å². The van der Waals surface area contributed by atoms with E-state index >= 15 is 0 Å². The van der Waals surface area contributed by atoms with Crippen LogP contribution in [0.1, 0.15) is 0 Å². The fraction of sp³-hybridized carbons (Fsp3) is 0. The van der Waals surface area contributed by atoms with E-state index < -0.39 is 14.3 Å². The van der Waals surface area contributed by atoms with Crippen LogP contribution in [0.15, 0.2) is 91.0 Å². The third kappa shape index (κ3) is 4.21. The molecule has 0 bridgehead atoms. The fourth-order valence-corrected chi connectivity index (χ4v) is 7.72. The Balaban J connectivity index is 0.000000545. The van der Waals surface area contributed by atoms with Gasteiger partial charge in [-0.3, -0.25) is 0 Å². The van der Waals surface area contributed by atoms with Gasteiger partial charge in [-0.1, -0.05) is 5.84 Å². The van der Waals surface area contributed by atoms with Gasteiger partial charge in [-0.15, -0.1) is 5.39 Å². The van der Waals surface area contributed by atoms with Gasteiger partial charge in [0.2, 0.25) is 0 Å². The summed E-state index contributed by atoms with van der Waals surface area (Å²) < 4.78 is 4.50. The van der Waals surface area contributed by atoms with E-state index in [0.29, 0.717) is 0 Å². The number of benzene rings is 3. The Morgan fingerprint density at radius 3 is 1.05 bits per heavy atom. The molecule has 0 saturated heterocycles. The molecule has 0 aliphatic rings. The molecule has 22 heavy (non-hydrogen) atoms. The molecule has 0 heterocycles. The van der Waals surface area contributed by atoms with Gasteiger partial charge in [-0.2, -0.15) is 0 Å². The quantitative estimate of drug-likeness (QED) is 0.408. The van der Waals surface area contributed by atoms with E-state index in [2.05, 4.69) is 91.0 Å². The molecule has 4 heteroatoms. The molecule has 0 aliphatic heterocycles. The second-order valence-corrected chi connectivity index (χ2v) is 9.78. The Labute approximate surface area is 135 Å². The van der Waals surface area contributed by atoms with Crippen LogP contribution in [0.4, 0.5) is 0 Å². The average molecular weight is 347 g/mol. The molecule has 1 N–H and O–H groups in total. The maximum atomic E-state index is 6.86. The van der Waals surface area contributed by atoms with Crippen molar-refractivity contribution in [1.29, 1.82) is 5.39 Å². The van der Waals surface area contributed by atoms with Crippen molar-refractivity contribution in [1.82, 2.24) is 0 Å². The maximum absolute atomic E-state index is 6.86. The van der Waals surface area contributed by atoms with E-state index in [1.54, 1.807) is 5.08 Å². The van der Waals surface area contributed by atoms with Crippen molar-refractivity contribution in [3.8, 4) is 0 Å². The zero-order valence-corrected chi connectivity index (χ0v) is 14.2. The molecule has 0 amide bonds. The number of diazo groups is 1. The van der Waals surface area contributed by atoms with Crippen molar-refractivity contribution in [2.45, 2.75) is 0 Å². The van der Waals surface area contributed by atoms with Gasteiger partial charge in [0, 0.05) is 0 Å². The van der Waals surface area contributed by atoms with Crippen LogP contribution in [0.3, 0.4) is 0 Å². The molecular formula is C18H16GeN3. The Bertz CT molecular complexity index is 616. The van der Waals surface area contributed by atoms with E-state index in [1.807, 2.05) is 0 Å². The number of hydrogen-bond donors (Lipinski definition) is 0. The van der Waals surface area contributed by atoms with Gasteiger partial charge in [0.1, 0.15) is 0 Å². The van der Waals surface area contributed by atoms with Crippen molar-refractivity contribution >= 4 is 27.5 Å². The molecule has 0 spiro atoms. The second-order valence-electron chi connectivity index (χ2n) is 4.57. The summed E-state index contributed by atoms with van der Waals surface area (Å²) in [5, 5.41) is 8.61. The standard InChI is InChI=1S/C18H15Ge.HN3/c1-4-10-16(11-5-1)19(17-12-6-2-7-13-17)18-14-8-3-9-15-18;1-3-2/h1-15H;1H. The van der Waals surface area contributed by atoms with E-state index in [-0.39, 0.29) is 0 Å². The number of nitrogens with zero attached hydrogens (tertiary/aromatic N) is 2. The zero-order valence-electron chi connectivity index (χ0n) is 12.1. The van der Waals surface area contributed by atoms with Crippen LogP contribution < -0.4 is 13.2 Å². The Morgan fingerprint density at radius 1 is 0.591 bits per heavy atom. The van der Waals surface area contributed by atoms with Crippen molar-refractivity contribution in [2.75, 3.05) is 0 Å². The number of nitrogens with one attached hydrogen (secondary N) is 1. The molecule has 3 rings (SSSR count). The summed E-state index contributed by atoms with van der Waals surface area (Å²) in [6, 6.07) is 32.8. The minimum absolute atomic E-state index is 1.50. The van der Waals surface area contributed by atoms with Crippen molar-refractivity contribution in [3.05, 3.63) is 102 Å². The van der Waals surface area contributed by atoms with Crippen LogP contribution in [0, 0.1) is 5.39 Å².